The zero-order valence-corrected chi connectivity index (χ0v) is 22.8. The molecule has 9 heteroatoms. The fourth-order valence-electron chi connectivity index (χ4n) is 5.52. The van der Waals surface area contributed by atoms with E-state index in [4.69, 9.17) is 15.0 Å². The average Bonchev–Trinajstić information content (AvgIpc) is 3.24. The van der Waals surface area contributed by atoms with Crippen LogP contribution >= 0.6 is 0 Å². The van der Waals surface area contributed by atoms with Crippen LogP contribution in [0.4, 0.5) is 17.6 Å². The molecule has 0 amide bonds. The number of aromatic nitrogens is 6. The standard InChI is InChI=1S/C31H31N9/c1-31(2)18-32-13-12-25(31)37-29-27-21(19-7-6-8-19)16-33-17-23(27)35-28(39-29)20-11-14-34-26(15-20)38-30-36-22-9-4-5-10-24(22)40(30)3/h4-11,14-17,25,32H,12-13,18H2,1-3H3,(H,34,36,38)(H,35,37,39)/t25-/m0/s1. The molecule has 0 unspecified atom stereocenters. The van der Waals surface area contributed by atoms with Crippen molar-refractivity contribution in [2.24, 2.45) is 12.5 Å². The number of allylic oxidation sites excluding steroid dienone is 4. The van der Waals surface area contributed by atoms with Crippen LogP contribution in [0, 0.1) is 5.41 Å². The van der Waals surface area contributed by atoms with Crippen molar-refractivity contribution >= 4 is 45.1 Å². The number of benzene rings is 1. The number of rotatable bonds is 6. The first-order valence-electron chi connectivity index (χ1n) is 13.6. The minimum absolute atomic E-state index is 0.0673. The Labute approximate surface area is 232 Å². The SMILES string of the molecule is Cn1c(Nc2cc(-c3nc(N[C@H]4CCNCC4(C)C)c4c(C5=CC=C5)cncc4n3)ccn2)nc2ccccc21. The number of hydrogen-bond donors (Lipinski definition) is 3. The van der Waals surface area contributed by atoms with E-state index in [-0.39, 0.29) is 11.5 Å². The van der Waals surface area contributed by atoms with Crippen LogP contribution in [0.15, 0.2) is 73.2 Å². The highest BCUT2D eigenvalue weighted by atomic mass is 15.2. The van der Waals surface area contributed by atoms with Crippen LogP contribution in [-0.4, -0.2) is 48.6 Å². The number of para-hydroxylation sites is 2. The Balaban J connectivity index is 1.30. The van der Waals surface area contributed by atoms with Gasteiger partial charge >= 0.3 is 0 Å². The molecule has 0 radical (unpaired) electrons. The van der Waals surface area contributed by atoms with Crippen molar-refractivity contribution in [1.82, 2.24) is 34.8 Å². The summed E-state index contributed by atoms with van der Waals surface area (Å²) in [6.07, 6.45) is 12.8. The van der Waals surface area contributed by atoms with Gasteiger partial charge in [0.05, 0.1) is 28.1 Å². The number of nitrogens with one attached hydrogen (secondary N) is 3. The third-order valence-corrected chi connectivity index (χ3v) is 7.96. The maximum atomic E-state index is 5.13. The second kappa shape index (κ2) is 9.53. The van der Waals surface area contributed by atoms with Crippen LogP contribution in [-0.2, 0) is 7.05 Å². The topological polar surface area (TPSA) is 105 Å². The maximum Gasteiger partial charge on any atom is 0.209 e. The van der Waals surface area contributed by atoms with Crippen molar-refractivity contribution < 1.29 is 0 Å². The Morgan fingerprint density at radius 3 is 2.73 bits per heavy atom. The molecule has 1 aromatic carbocycles. The van der Waals surface area contributed by atoms with E-state index < -0.39 is 0 Å². The number of hydrogen-bond acceptors (Lipinski definition) is 8. The number of piperidine rings is 1. The fourth-order valence-corrected chi connectivity index (χ4v) is 5.52. The van der Waals surface area contributed by atoms with Crippen LogP contribution in [0.1, 0.15) is 25.8 Å². The number of imidazole rings is 1. The summed E-state index contributed by atoms with van der Waals surface area (Å²) < 4.78 is 2.02. The third-order valence-electron chi connectivity index (χ3n) is 7.96. The van der Waals surface area contributed by atoms with Gasteiger partial charge in [0.25, 0.3) is 0 Å². The molecule has 2 aliphatic rings. The second-order valence-corrected chi connectivity index (χ2v) is 11.1. The molecule has 1 aliphatic carbocycles. The number of nitrogens with zero attached hydrogens (tertiary/aromatic N) is 6. The molecule has 1 saturated heterocycles. The molecule has 0 spiro atoms. The van der Waals surface area contributed by atoms with E-state index >= 15 is 0 Å². The molecule has 1 fully saturated rings. The predicted octanol–water partition coefficient (Wildman–Crippen LogP) is 5.47. The summed E-state index contributed by atoms with van der Waals surface area (Å²) in [5.41, 5.74) is 5.89. The lowest BCUT2D eigenvalue weighted by atomic mass is 9.80. The summed E-state index contributed by atoms with van der Waals surface area (Å²) >= 11 is 0. The third kappa shape index (κ3) is 4.28. The van der Waals surface area contributed by atoms with Crippen LogP contribution in [0.2, 0.25) is 0 Å². The quantitative estimate of drug-likeness (QED) is 0.266. The molecule has 5 aromatic rings. The molecule has 1 atom stereocenters. The average molecular weight is 530 g/mol. The molecule has 200 valence electrons. The maximum absolute atomic E-state index is 5.13. The van der Waals surface area contributed by atoms with Crippen LogP contribution in [0.25, 0.3) is 38.9 Å². The van der Waals surface area contributed by atoms with Crippen molar-refractivity contribution in [3.63, 3.8) is 0 Å². The minimum atomic E-state index is 0.0673. The van der Waals surface area contributed by atoms with Crippen molar-refractivity contribution in [2.75, 3.05) is 23.7 Å². The predicted molar refractivity (Wildman–Crippen MR) is 160 cm³/mol. The van der Waals surface area contributed by atoms with Gasteiger partial charge < -0.3 is 20.5 Å². The van der Waals surface area contributed by atoms with Crippen molar-refractivity contribution in [3.8, 4) is 11.4 Å². The summed E-state index contributed by atoms with van der Waals surface area (Å²) in [6, 6.07) is 12.2. The Bertz CT molecular complexity index is 1820. The van der Waals surface area contributed by atoms with Gasteiger partial charge in [-0.25, -0.2) is 19.9 Å². The number of aryl methyl sites for hydroxylation is 1. The first kappa shape index (κ1) is 24.4. The van der Waals surface area contributed by atoms with Gasteiger partial charge in [-0.3, -0.25) is 4.98 Å². The molecule has 5 heterocycles. The van der Waals surface area contributed by atoms with E-state index in [1.54, 1.807) is 6.20 Å². The molecule has 0 saturated carbocycles. The highest BCUT2D eigenvalue weighted by Crippen LogP contribution is 2.36. The van der Waals surface area contributed by atoms with Gasteiger partial charge in [0, 0.05) is 43.2 Å². The summed E-state index contributed by atoms with van der Waals surface area (Å²) in [6.45, 7) is 6.51. The van der Waals surface area contributed by atoms with Gasteiger partial charge in [-0.2, -0.15) is 0 Å². The summed E-state index contributed by atoms with van der Waals surface area (Å²) in [5, 5.41) is 11.7. The van der Waals surface area contributed by atoms with Crippen molar-refractivity contribution in [1.29, 1.82) is 0 Å². The molecule has 40 heavy (non-hydrogen) atoms. The van der Waals surface area contributed by atoms with E-state index in [1.165, 1.54) is 0 Å². The Kier molecular flexibility index (Phi) is 5.82. The van der Waals surface area contributed by atoms with Crippen molar-refractivity contribution in [2.45, 2.75) is 26.3 Å². The molecular formula is C31H31N9. The first-order valence-corrected chi connectivity index (χ1v) is 13.6. The first-order chi connectivity index (χ1) is 19.5. The molecule has 4 aromatic heterocycles. The summed E-state index contributed by atoms with van der Waals surface area (Å²) in [7, 11) is 1.99. The smallest absolute Gasteiger partial charge is 0.209 e. The Morgan fingerprint density at radius 1 is 1.05 bits per heavy atom. The zero-order valence-electron chi connectivity index (χ0n) is 22.8. The van der Waals surface area contributed by atoms with E-state index in [0.717, 1.165) is 69.9 Å². The van der Waals surface area contributed by atoms with Gasteiger partial charge in [-0.15, -0.1) is 0 Å². The van der Waals surface area contributed by atoms with Crippen LogP contribution in [0.3, 0.4) is 0 Å². The summed E-state index contributed by atoms with van der Waals surface area (Å²) in [5.74, 6) is 2.84. The molecule has 1 aliphatic heterocycles. The normalized spacial score (nSPS) is 18.0. The van der Waals surface area contributed by atoms with Gasteiger partial charge in [0.2, 0.25) is 5.95 Å². The largest absolute Gasteiger partial charge is 0.366 e. The number of fused-ring (bicyclic) bond motifs is 2. The minimum Gasteiger partial charge on any atom is -0.366 e. The molecular weight excluding hydrogens is 498 g/mol. The Morgan fingerprint density at radius 2 is 1.93 bits per heavy atom. The second-order valence-electron chi connectivity index (χ2n) is 11.1. The van der Waals surface area contributed by atoms with E-state index in [2.05, 4.69) is 58.0 Å². The van der Waals surface area contributed by atoms with Crippen LogP contribution < -0.4 is 16.0 Å². The lowest BCUT2D eigenvalue weighted by Gasteiger charge is -2.40. The van der Waals surface area contributed by atoms with Gasteiger partial charge in [-0.05, 0) is 48.2 Å². The van der Waals surface area contributed by atoms with Gasteiger partial charge in [-0.1, -0.05) is 44.2 Å². The van der Waals surface area contributed by atoms with Gasteiger partial charge in [0.1, 0.15) is 11.6 Å². The van der Waals surface area contributed by atoms with E-state index in [1.807, 2.05) is 60.4 Å². The van der Waals surface area contributed by atoms with Gasteiger partial charge in [0.15, 0.2) is 5.82 Å². The number of anilines is 3. The molecule has 7 rings (SSSR count). The monoisotopic (exact) mass is 529 g/mol. The number of pyridine rings is 2. The van der Waals surface area contributed by atoms with E-state index in [0.29, 0.717) is 11.6 Å². The summed E-state index contributed by atoms with van der Waals surface area (Å²) in [4.78, 5) is 23.9. The van der Waals surface area contributed by atoms with Crippen molar-refractivity contribution in [3.05, 3.63) is 78.8 Å². The highest BCUT2D eigenvalue weighted by Gasteiger charge is 2.33. The molecule has 9 nitrogen and oxygen atoms in total. The zero-order chi connectivity index (χ0) is 27.3. The highest BCUT2D eigenvalue weighted by molar-refractivity contribution is 6.02. The molecule has 3 N–H and O–H groups in total. The lowest BCUT2D eigenvalue weighted by Crippen LogP contribution is -2.49. The molecule has 0 bridgehead atoms. The Hall–Kier alpha value is -4.63. The van der Waals surface area contributed by atoms with Crippen LogP contribution in [0.5, 0.6) is 0 Å². The van der Waals surface area contributed by atoms with E-state index in [9.17, 15) is 0 Å². The lowest BCUT2D eigenvalue weighted by molar-refractivity contribution is 0.236. The fraction of sp³-hybridized carbons (Fsp3) is 0.258.